The molecule has 0 aromatic rings. The molecular formula is C14H28N2O. The van der Waals surface area contributed by atoms with Crippen molar-refractivity contribution in [2.75, 3.05) is 39.9 Å². The van der Waals surface area contributed by atoms with Crippen LogP contribution in [0.15, 0.2) is 0 Å². The second-order valence-electron chi connectivity index (χ2n) is 5.94. The standard InChI is InChI=1S/C14H28N2O/c1-12(11-17-2)9-16(14-3-4-14)10-13-5-7-15-8-6-13/h12-15H,3-11H2,1-2H3. The normalized spacial score (nSPS) is 24.2. The molecule has 17 heavy (non-hydrogen) atoms. The molecule has 1 heterocycles. The molecule has 0 radical (unpaired) electrons. The van der Waals surface area contributed by atoms with Crippen molar-refractivity contribution in [1.29, 1.82) is 0 Å². The van der Waals surface area contributed by atoms with Crippen LogP contribution in [-0.4, -0.2) is 50.8 Å². The minimum absolute atomic E-state index is 0.669. The molecule has 1 atom stereocenters. The van der Waals surface area contributed by atoms with Crippen LogP contribution in [0.5, 0.6) is 0 Å². The largest absolute Gasteiger partial charge is 0.384 e. The summed E-state index contributed by atoms with van der Waals surface area (Å²) in [5.41, 5.74) is 0. The first kappa shape index (κ1) is 13.3. The molecule has 1 aliphatic carbocycles. The van der Waals surface area contributed by atoms with Crippen LogP contribution in [0.3, 0.4) is 0 Å². The summed E-state index contributed by atoms with van der Waals surface area (Å²) in [6.45, 7) is 8.19. The van der Waals surface area contributed by atoms with E-state index in [0.717, 1.165) is 18.6 Å². The van der Waals surface area contributed by atoms with Crippen molar-refractivity contribution < 1.29 is 4.74 Å². The van der Waals surface area contributed by atoms with E-state index in [1.165, 1.54) is 51.9 Å². The molecule has 2 aliphatic rings. The van der Waals surface area contributed by atoms with Crippen LogP contribution >= 0.6 is 0 Å². The van der Waals surface area contributed by atoms with Gasteiger partial charge in [0.25, 0.3) is 0 Å². The van der Waals surface area contributed by atoms with Gasteiger partial charge in [-0.2, -0.15) is 0 Å². The zero-order chi connectivity index (χ0) is 12.1. The molecule has 2 fully saturated rings. The fourth-order valence-corrected chi connectivity index (χ4v) is 2.95. The topological polar surface area (TPSA) is 24.5 Å². The molecule has 0 aromatic heterocycles. The molecule has 100 valence electrons. The number of hydrogen-bond acceptors (Lipinski definition) is 3. The lowest BCUT2D eigenvalue weighted by atomic mass is 9.97. The Morgan fingerprint density at radius 1 is 1.24 bits per heavy atom. The van der Waals surface area contributed by atoms with Gasteiger partial charge in [-0.3, -0.25) is 4.90 Å². The van der Waals surface area contributed by atoms with Crippen LogP contribution in [-0.2, 0) is 4.74 Å². The predicted molar refractivity (Wildman–Crippen MR) is 71.2 cm³/mol. The van der Waals surface area contributed by atoms with Crippen molar-refractivity contribution in [2.24, 2.45) is 11.8 Å². The summed E-state index contributed by atoms with van der Waals surface area (Å²) in [5.74, 6) is 1.59. The fraction of sp³-hybridized carbons (Fsp3) is 1.00. The number of rotatable bonds is 7. The van der Waals surface area contributed by atoms with Gasteiger partial charge in [-0.15, -0.1) is 0 Å². The van der Waals surface area contributed by atoms with E-state index in [4.69, 9.17) is 4.74 Å². The molecule has 1 saturated carbocycles. The van der Waals surface area contributed by atoms with Crippen LogP contribution in [0.4, 0.5) is 0 Å². The summed E-state index contributed by atoms with van der Waals surface area (Å²) in [6, 6.07) is 0.893. The minimum atomic E-state index is 0.669. The third-order valence-corrected chi connectivity index (χ3v) is 4.01. The van der Waals surface area contributed by atoms with E-state index in [2.05, 4.69) is 17.1 Å². The molecule has 1 aliphatic heterocycles. The fourth-order valence-electron chi connectivity index (χ4n) is 2.95. The molecule has 3 heteroatoms. The highest BCUT2D eigenvalue weighted by atomic mass is 16.5. The van der Waals surface area contributed by atoms with E-state index in [1.807, 2.05) is 7.11 Å². The maximum atomic E-state index is 5.26. The van der Waals surface area contributed by atoms with Crippen LogP contribution in [0.2, 0.25) is 0 Å². The zero-order valence-corrected chi connectivity index (χ0v) is 11.5. The summed E-state index contributed by atoms with van der Waals surface area (Å²) in [4.78, 5) is 2.74. The van der Waals surface area contributed by atoms with E-state index in [0.29, 0.717) is 5.92 Å². The number of nitrogens with one attached hydrogen (secondary N) is 1. The van der Waals surface area contributed by atoms with Gasteiger partial charge in [0.15, 0.2) is 0 Å². The average Bonchev–Trinajstić information content (AvgIpc) is 3.14. The lowest BCUT2D eigenvalue weighted by molar-refractivity contribution is 0.114. The Morgan fingerprint density at radius 2 is 1.94 bits per heavy atom. The molecule has 3 nitrogen and oxygen atoms in total. The van der Waals surface area contributed by atoms with Gasteiger partial charge in [0.1, 0.15) is 0 Å². The van der Waals surface area contributed by atoms with Crippen molar-refractivity contribution in [3.8, 4) is 0 Å². The van der Waals surface area contributed by atoms with Crippen LogP contribution in [0.1, 0.15) is 32.6 Å². The Hall–Kier alpha value is -0.120. The van der Waals surface area contributed by atoms with Gasteiger partial charge in [0, 0.05) is 32.8 Å². The Balaban J connectivity index is 1.75. The van der Waals surface area contributed by atoms with Crippen molar-refractivity contribution in [2.45, 2.75) is 38.6 Å². The minimum Gasteiger partial charge on any atom is -0.384 e. The molecular weight excluding hydrogens is 212 g/mol. The number of ether oxygens (including phenoxy) is 1. The molecule has 0 spiro atoms. The van der Waals surface area contributed by atoms with E-state index < -0.39 is 0 Å². The van der Waals surface area contributed by atoms with E-state index in [1.54, 1.807) is 0 Å². The summed E-state index contributed by atoms with van der Waals surface area (Å²) >= 11 is 0. The van der Waals surface area contributed by atoms with Gasteiger partial charge in [-0.05, 0) is 50.6 Å². The third-order valence-electron chi connectivity index (χ3n) is 4.01. The summed E-state index contributed by atoms with van der Waals surface area (Å²) < 4.78 is 5.26. The Bertz CT molecular complexity index is 212. The lowest BCUT2D eigenvalue weighted by Gasteiger charge is -2.31. The second-order valence-corrected chi connectivity index (χ2v) is 5.94. The van der Waals surface area contributed by atoms with Crippen LogP contribution in [0, 0.1) is 11.8 Å². The zero-order valence-electron chi connectivity index (χ0n) is 11.5. The van der Waals surface area contributed by atoms with Crippen molar-refractivity contribution in [1.82, 2.24) is 10.2 Å². The lowest BCUT2D eigenvalue weighted by Crippen LogP contribution is -2.39. The SMILES string of the molecule is COCC(C)CN(CC1CCNCC1)C1CC1. The van der Waals surface area contributed by atoms with Crippen molar-refractivity contribution in [3.05, 3.63) is 0 Å². The van der Waals surface area contributed by atoms with Gasteiger partial charge in [0.05, 0.1) is 0 Å². The van der Waals surface area contributed by atoms with Gasteiger partial charge < -0.3 is 10.1 Å². The summed E-state index contributed by atoms with van der Waals surface area (Å²) in [7, 11) is 1.81. The second kappa shape index (κ2) is 6.72. The highest BCUT2D eigenvalue weighted by Crippen LogP contribution is 2.29. The molecule has 0 amide bonds. The van der Waals surface area contributed by atoms with Crippen LogP contribution in [0.25, 0.3) is 0 Å². The molecule has 0 bridgehead atoms. The molecule has 1 saturated heterocycles. The Labute approximate surface area is 106 Å². The van der Waals surface area contributed by atoms with Gasteiger partial charge in [-0.25, -0.2) is 0 Å². The van der Waals surface area contributed by atoms with Gasteiger partial charge in [0.2, 0.25) is 0 Å². The van der Waals surface area contributed by atoms with Gasteiger partial charge in [-0.1, -0.05) is 6.92 Å². The average molecular weight is 240 g/mol. The number of piperidine rings is 1. The first-order chi connectivity index (χ1) is 8.29. The van der Waals surface area contributed by atoms with Crippen LogP contribution < -0.4 is 5.32 Å². The highest BCUT2D eigenvalue weighted by Gasteiger charge is 2.31. The smallest absolute Gasteiger partial charge is 0.0500 e. The van der Waals surface area contributed by atoms with Crippen molar-refractivity contribution in [3.63, 3.8) is 0 Å². The van der Waals surface area contributed by atoms with Crippen molar-refractivity contribution >= 4 is 0 Å². The number of nitrogens with zero attached hydrogens (tertiary/aromatic N) is 1. The van der Waals surface area contributed by atoms with Gasteiger partial charge >= 0.3 is 0 Å². The first-order valence-corrected chi connectivity index (χ1v) is 7.23. The first-order valence-electron chi connectivity index (χ1n) is 7.23. The number of hydrogen-bond donors (Lipinski definition) is 1. The molecule has 1 unspecified atom stereocenters. The van der Waals surface area contributed by atoms with E-state index in [-0.39, 0.29) is 0 Å². The predicted octanol–water partition coefficient (Wildman–Crippen LogP) is 1.73. The maximum Gasteiger partial charge on any atom is 0.0500 e. The van der Waals surface area contributed by atoms with E-state index in [9.17, 15) is 0 Å². The molecule has 1 N–H and O–H groups in total. The van der Waals surface area contributed by atoms with E-state index >= 15 is 0 Å². The maximum absolute atomic E-state index is 5.26. The Morgan fingerprint density at radius 3 is 2.53 bits per heavy atom. The monoisotopic (exact) mass is 240 g/mol. The molecule has 2 rings (SSSR count). The summed E-state index contributed by atoms with van der Waals surface area (Å²) in [6.07, 6.45) is 5.57. The highest BCUT2D eigenvalue weighted by molar-refractivity contribution is 4.87. The molecule has 0 aromatic carbocycles. The number of methoxy groups -OCH3 is 1. The Kier molecular flexibility index (Phi) is 5.26. The quantitative estimate of drug-likeness (QED) is 0.733. The third kappa shape index (κ3) is 4.57. The summed E-state index contributed by atoms with van der Waals surface area (Å²) in [5, 5.41) is 3.46.